The summed E-state index contributed by atoms with van der Waals surface area (Å²) in [5.74, 6) is -0.492. The minimum Gasteiger partial charge on any atom is -0.363 e. The Labute approximate surface area is 167 Å². The highest BCUT2D eigenvalue weighted by Crippen LogP contribution is 2.44. The Bertz CT molecular complexity index is 1070. The van der Waals surface area contributed by atoms with Gasteiger partial charge < -0.3 is 10.6 Å². The molecule has 3 aromatic rings. The second-order valence-electron chi connectivity index (χ2n) is 6.51. The lowest BCUT2D eigenvalue weighted by Gasteiger charge is -2.32. The molecule has 0 saturated heterocycles. The Balaban J connectivity index is 1.61. The predicted molar refractivity (Wildman–Crippen MR) is 102 cm³/mol. The maximum atomic E-state index is 13.7. The first kappa shape index (κ1) is 19.0. The molecule has 2 aromatic heterocycles. The van der Waals surface area contributed by atoms with Crippen LogP contribution >= 0.6 is 11.3 Å². The maximum Gasteiger partial charge on any atom is 0.410 e. The molecule has 2 atom stereocenters. The molecule has 0 radical (unpaired) electrons. The number of hydrogen-bond donors (Lipinski definition) is 2. The summed E-state index contributed by atoms with van der Waals surface area (Å²) >= 11 is 1.37. The van der Waals surface area contributed by atoms with Crippen molar-refractivity contribution < 1.29 is 18.0 Å². The van der Waals surface area contributed by atoms with E-state index >= 15 is 0 Å². The van der Waals surface area contributed by atoms with Crippen molar-refractivity contribution in [2.45, 2.75) is 24.7 Å². The Morgan fingerprint density at radius 2 is 2.07 bits per heavy atom. The van der Waals surface area contributed by atoms with Gasteiger partial charge in [0.25, 0.3) is 5.91 Å². The van der Waals surface area contributed by atoms with Crippen LogP contribution in [0.4, 0.5) is 24.7 Å². The average Bonchev–Trinajstić information content (AvgIpc) is 3.36. The van der Waals surface area contributed by atoms with Crippen molar-refractivity contribution in [3.63, 3.8) is 0 Å². The van der Waals surface area contributed by atoms with Crippen LogP contribution in [0.1, 0.15) is 39.4 Å². The summed E-state index contributed by atoms with van der Waals surface area (Å²) in [5, 5.41) is 20.2. The van der Waals surface area contributed by atoms with E-state index in [4.69, 9.17) is 5.26 Å². The van der Waals surface area contributed by atoms with Gasteiger partial charge in [0, 0.05) is 23.1 Å². The van der Waals surface area contributed by atoms with E-state index in [-0.39, 0.29) is 17.9 Å². The number of carbonyl (C=O) groups excluding carboxylic acids is 1. The highest BCUT2D eigenvalue weighted by molar-refractivity contribution is 7.10. The van der Waals surface area contributed by atoms with Gasteiger partial charge in [-0.25, -0.2) is 4.68 Å². The van der Waals surface area contributed by atoms with Crippen LogP contribution in [-0.4, -0.2) is 21.9 Å². The number of hydrogen-bond acceptors (Lipinski definition) is 5. The number of fused-ring (bicyclic) bond motifs is 1. The minimum atomic E-state index is -4.50. The van der Waals surface area contributed by atoms with Gasteiger partial charge in [0.05, 0.1) is 17.7 Å². The van der Waals surface area contributed by atoms with Crippen molar-refractivity contribution in [2.24, 2.45) is 0 Å². The largest absolute Gasteiger partial charge is 0.410 e. The van der Waals surface area contributed by atoms with Crippen LogP contribution in [0.5, 0.6) is 0 Å². The third-order valence-electron chi connectivity index (χ3n) is 4.58. The summed E-state index contributed by atoms with van der Waals surface area (Å²) in [6.07, 6.45) is -4.71. The molecule has 0 bridgehead atoms. The Kier molecular flexibility index (Phi) is 4.76. The normalized spacial score (nSPS) is 18.4. The SMILES string of the molecule is N#Cc1ccc(NC(=O)c2cc3n(n2)[C@H](C(F)(F)F)C[C@@H](c2cccs2)N3)cc1. The number of rotatable bonds is 3. The standard InChI is InChI=1S/C19H14F3N5OS/c20-19(21,22)16-8-13(15-2-1-7-29-15)25-17-9-14(26-27(16)17)18(28)24-12-5-3-11(10-23)4-6-12/h1-7,9,13,16,25H,8H2,(H,24,28)/t13-,16-/m0/s1. The quantitative estimate of drug-likeness (QED) is 0.646. The van der Waals surface area contributed by atoms with Crippen LogP contribution in [0.15, 0.2) is 47.8 Å². The molecular formula is C19H14F3N5OS. The molecule has 29 heavy (non-hydrogen) atoms. The number of benzene rings is 1. The first-order valence-electron chi connectivity index (χ1n) is 8.63. The number of carbonyl (C=O) groups is 1. The van der Waals surface area contributed by atoms with Gasteiger partial charge in [-0.05, 0) is 35.7 Å². The molecule has 3 heterocycles. The molecule has 0 unspecified atom stereocenters. The topological polar surface area (TPSA) is 82.7 Å². The predicted octanol–water partition coefficient (Wildman–Crippen LogP) is 4.73. The van der Waals surface area contributed by atoms with Crippen LogP contribution < -0.4 is 10.6 Å². The third-order valence-corrected chi connectivity index (χ3v) is 5.57. The smallest absolute Gasteiger partial charge is 0.363 e. The maximum absolute atomic E-state index is 13.7. The van der Waals surface area contributed by atoms with Crippen molar-refractivity contribution in [3.05, 3.63) is 64.0 Å². The lowest BCUT2D eigenvalue weighted by molar-refractivity contribution is -0.173. The molecule has 2 N–H and O–H groups in total. The summed E-state index contributed by atoms with van der Waals surface area (Å²) in [6, 6.07) is 10.6. The fraction of sp³-hybridized carbons (Fsp3) is 0.211. The van der Waals surface area contributed by atoms with E-state index in [0.29, 0.717) is 11.3 Å². The summed E-state index contributed by atoms with van der Waals surface area (Å²) in [7, 11) is 0. The zero-order chi connectivity index (χ0) is 20.6. The Morgan fingerprint density at radius 3 is 2.69 bits per heavy atom. The van der Waals surface area contributed by atoms with Crippen molar-refractivity contribution in [3.8, 4) is 6.07 Å². The number of thiophene rings is 1. The van der Waals surface area contributed by atoms with Crippen LogP contribution in [0.2, 0.25) is 0 Å². The van der Waals surface area contributed by atoms with Crippen molar-refractivity contribution in [1.82, 2.24) is 9.78 Å². The van der Waals surface area contributed by atoms with E-state index in [0.717, 1.165) is 9.56 Å². The van der Waals surface area contributed by atoms with Crippen LogP contribution in [0.3, 0.4) is 0 Å². The zero-order valence-corrected chi connectivity index (χ0v) is 15.6. The molecule has 10 heteroatoms. The molecule has 6 nitrogen and oxygen atoms in total. The van der Waals surface area contributed by atoms with E-state index < -0.39 is 24.2 Å². The lowest BCUT2D eigenvalue weighted by atomic mass is 10.0. The number of nitrogens with zero attached hydrogens (tertiary/aromatic N) is 3. The first-order chi connectivity index (χ1) is 13.8. The fourth-order valence-electron chi connectivity index (χ4n) is 3.18. The molecule has 0 saturated carbocycles. The van der Waals surface area contributed by atoms with Crippen LogP contribution in [0, 0.1) is 11.3 Å². The lowest BCUT2D eigenvalue weighted by Crippen LogP contribution is -2.35. The number of nitriles is 1. The van der Waals surface area contributed by atoms with E-state index in [1.807, 2.05) is 11.4 Å². The molecule has 4 rings (SSSR count). The highest BCUT2D eigenvalue weighted by Gasteiger charge is 2.47. The van der Waals surface area contributed by atoms with Gasteiger partial charge >= 0.3 is 6.18 Å². The van der Waals surface area contributed by atoms with Crippen molar-refractivity contribution >= 4 is 28.7 Å². The first-order valence-corrected chi connectivity index (χ1v) is 9.51. The summed E-state index contributed by atoms with van der Waals surface area (Å²) in [4.78, 5) is 13.3. The summed E-state index contributed by atoms with van der Waals surface area (Å²) < 4.78 is 41.8. The third kappa shape index (κ3) is 3.82. The number of nitrogens with one attached hydrogen (secondary N) is 2. The second-order valence-corrected chi connectivity index (χ2v) is 7.49. The van der Waals surface area contributed by atoms with Gasteiger partial charge in [-0.2, -0.15) is 23.5 Å². The van der Waals surface area contributed by atoms with Gasteiger partial charge in [-0.15, -0.1) is 11.3 Å². The van der Waals surface area contributed by atoms with E-state index in [2.05, 4.69) is 15.7 Å². The molecule has 1 aromatic carbocycles. The monoisotopic (exact) mass is 417 g/mol. The molecule has 0 spiro atoms. The van der Waals surface area contributed by atoms with Gasteiger partial charge in [-0.1, -0.05) is 6.07 Å². The van der Waals surface area contributed by atoms with Crippen molar-refractivity contribution in [1.29, 1.82) is 5.26 Å². The number of aromatic nitrogens is 2. The molecule has 0 aliphatic carbocycles. The molecule has 1 aliphatic rings. The molecule has 1 amide bonds. The molecular weight excluding hydrogens is 403 g/mol. The van der Waals surface area contributed by atoms with Gasteiger partial charge in [0.1, 0.15) is 5.82 Å². The summed E-state index contributed by atoms with van der Waals surface area (Å²) in [5.41, 5.74) is 0.715. The van der Waals surface area contributed by atoms with E-state index in [1.54, 1.807) is 12.1 Å². The minimum absolute atomic E-state index is 0.127. The summed E-state index contributed by atoms with van der Waals surface area (Å²) in [6.45, 7) is 0. The zero-order valence-electron chi connectivity index (χ0n) is 14.8. The Hall–Kier alpha value is -3.32. The highest BCUT2D eigenvalue weighted by atomic mass is 32.1. The van der Waals surface area contributed by atoms with E-state index in [9.17, 15) is 18.0 Å². The van der Waals surface area contributed by atoms with Gasteiger partial charge in [0.2, 0.25) is 0 Å². The number of alkyl halides is 3. The number of halogens is 3. The second kappa shape index (κ2) is 7.25. The van der Waals surface area contributed by atoms with Crippen LogP contribution in [0.25, 0.3) is 0 Å². The van der Waals surface area contributed by atoms with Gasteiger partial charge in [-0.3, -0.25) is 4.79 Å². The fourth-order valence-corrected chi connectivity index (χ4v) is 3.97. The van der Waals surface area contributed by atoms with Crippen LogP contribution in [-0.2, 0) is 0 Å². The molecule has 1 aliphatic heterocycles. The Morgan fingerprint density at radius 1 is 1.31 bits per heavy atom. The van der Waals surface area contributed by atoms with E-state index in [1.165, 1.54) is 41.7 Å². The molecule has 148 valence electrons. The number of amides is 1. The molecule has 0 fully saturated rings. The van der Waals surface area contributed by atoms with Gasteiger partial charge in [0.15, 0.2) is 11.7 Å². The average molecular weight is 417 g/mol. The van der Waals surface area contributed by atoms with Crippen molar-refractivity contribution in [2.75, 3.05) is 10.6 Å². The number of anilines is 2.